The Labute approximate surface area is 245 Å². The summed E-state index contributed by atoms with van der Waals surface area (Å²) in [5.74, 6) is 0.756. The lowest BCUT2D eigenvalue weighted by atomic mass is 9.96. The maximum atomic E-state index is 14.2. The molecule has 2 aromatic carbocycles. The zero-order chi connectivity index (χ0) is 27.4. The SMILES string of the molecule is CCCCC(CC)CN1C(=O)C(=C2C(=O)N(CC(CC)CCCC)c3ccc(Br)cc32)c2cc(Br)ccc21. The highest BCUT2D eigenvalue weighted by Gasteiger charge is 2.43. The van der Waals surface area contributed by atoms with E-state index < -0.39 is 0 Å². The lowest BCUT2D eigenvalue weighted by molar-refractivity contribution is -0.114. The lowest BCUT2D eigenvalue weighted by Gasteiger charge is -2.24. The average molecular weight is 644 g/mol. The topological polar surface area (TPSA) is 40.6 Å². The summed E-state index contributed by atoms with van der Waals surface area (Å²) >= 11 is 7.24. The van der Waals surface area contributed by atoms with Gasteiger partial charge in [0.2, 0.25) is 0 Å². The molecular weight excluding hydrogens is 604 g/mol. The molecule has 6 heteroatoms. The van der Waals surface area contributed by atoms with Gasteiger partial charge in [-0.15, -0.1) is 0 Å². The minimum absolute atomic E-state index is 0.0535. The van der Waals surface area contributed by atoms with Crippen LogP contribution in [-0.4, -0.2) is 24.9 Å². The van der Waals surface area contributed by atoms with Gasteiger partial charge in [0.15, 0.2) is 0 Å². The van der Waals surface area contributed by atoms with Crippen molar-refractivity contribution in [2.75, 3.05) is 22.9 Å². The van der Waals surface area contributed by atoms with Crippen molar-refractivity contribution in [1.82, 2.24) is 0 Å². The van der Waals surface area contributed by atoms with Crippen molar-refractivity contribution in [3.05, 3.63) is 56.5 Å². The van der Waals surface area contributed by atoms with Crippen molar-refractivity contribution in [2.24, 2.45) is 11.8 Å². The second-order valence-corrected chi connectivity index (χ2v) is 12.6. The molecule has 0 fully saturated rings. The van der Waals surface area contributed by atoms with Gasteiger partial charge in [-0.05, 0) is 61.1 Å². The summed E-state index contributed by atoms with van der Waals surface area (Å²) in [6.07, 6.45) is 8.88. The first-order valence-corrected chi connectivity index (χ1v) is 15.9. The molecule has 38 heavy (non-hydrogen) atoms. The number of fused-ring (bicyclic) bond motifs is 2. The standard InChI is InChI=1S/C32H40Br2N2O2/c1-5-9-11-21(7-3)19-35-27-15-13-23(33)17-25(27)29(31(35)37)30-26-18-24(34)14-16-28(26)36(32(30)38)20-22(8-4)12-10-6-2/h13-18,21-22H,5-12,19-20H2,1-4H3. The Morgan fingerprint density at radius 1 is 0.658 bits per heavy atom. The fraction of sp³-hybridized carbons (Fsp3) is 0.500. The Morgan fingerprint density at radius 3 is 1.39 bits per heavy atom. The molecule has 0 N–H and O–H groups in total. The molecule has 2 atom stereocenters. The van der Waals surface area contributed by atoms with Crippen LogP contribution >= 0.6 is 31.9 Å². The molecule has 2 unspecified atom stereocenters. The third-order valence-electron chi connectivity index (χ3n) is 8.17. The Kier molecular flexibility index (Phi) is 9.91. The number of carbonyl (C=O) groups is 2. The van der Waals surface area contributed by atoms with Crippen LogP contribution in [0.2, 0.25) is 0 Å². The molecule has 0 bridgehead atoms. The fourth-order valence-corrected chi connectivity index (χ4v) is 6.53. The quantitative estimate of drug-likeness (QED) is 0.216. The molecule has 0 saturated heterocycles. The van der Waals surface area contributed by atoms with Gasteiger partial charge in [0.05, 0.1) is 22.5 Å². The molecule has 4 nitrogen and oxygen atoms in total. The van der Waals surface area contributed by atoms with Gasteiger partial charge in [0.1, 0.15) is 0 Å². The minimum Gasteiger partial charge on any atom is -0.307 e. The Morgan fingerprint density at radius 2 is 1.05 bits per heavy atom. The molecule has 0 spiro atoms. The first-order valence-electron chi connectivity index (χ1n) is 14.3. The van der Waals surface area contributed by atoms with Crippen LogP contribution < -0.4 is 9.80 Å². The molecule has 2 heterocycles. The van der Waals surface area contributed by atoms with E-state index in [1.54, 1.807) is 0 Å². The summed E-state index contributed by atoms with van der Waals surface area (Å²) in [5.41, 5.74) is 4.61. The molecule has 0 aliphatic carbocycles. The molecule has 2 aromatic rings. The third kappa shape index (κ3) is 5.82. The number of carbonyl (C=O) groups excluding carboxylic acids is 2. The molecule has 0 aromatic heterocycles. The van der Waals surface area contributed by atoms with Gasteiger partial charge < -0.3 is 9.80 Å². The number of anilines is 2. The Balaban J connectivity index is 1.82. The molecule has 204 valence electrons. The second kappa shape index (κ2) is 13.0. The summed E-state index contributed by atoms with van der Waals surface area (Å²) in [6.45, 7) is 10.2. The van der Waals surface area contributed by atoms with E-state index in [1.165, 1.54) is 0 Å². The van der Waals surface area contributed by atoms with Gasteiger partial charge in [-0.25, -0.2) is 0 Å². The summed E-state index contributed by atoms with van der Waals surface area (Å²) in [4.78, 5) is 32.3. The number of rotatable bonds is 12. The van der Waals surface area contributed by atoms with Crippen LogP contribution in [0, 0.1) is 11.8 Å². The van der Waals surface area contributed by atoms with Crippen LogP contribution in [0.5, 0.6) is 0 Å². The van der Waals surface area contributed by atoms with E-state index in [4.69, 9.17) is 0 Å². The van der Waals surface area contributed by atoms with E-state index in [2.05, 4.69) is 59.6 Å². The van der Waals surface area contributed by atoms with E-state index in [-0.39, 0.29) is 11.8 Å². The maximum Gasteiger partial charge on any atom is 0.259 e. The van der Waals surface area contributed by atoms with E-state index in [9.17, 15) is 9.59 Å². The van der Waals surface area contributed by atoms with Crippen LogP contribution in [0.1, 0.15) is 90.2 Å². The fourth-order valence-electron chi connectivity index (χ4n) is 5.80. The second-order valence-electron chi connectivity index (χ2n) is 10.7. The van der Waals surface area contributed by atoms with Crippen molar-refractivity contribution < 1.29 is 9.59 Å². The minimum atomic E-state index is -0.0535. The predicted octanol–water partition coefficient (Wildman–Crippen LogP) is 9.25. The van der Waals surface area contributed by atoms with E-state index in [1.807, 2.05) is 46.2 Å². The number of unbranched alkanes of at least 4 members (excludes halogenated alkanes) is 2. The van der Waals surface area contributed by atoms with Gasteiger partial charge in [-0.2, -0.15) is 0 Å². The van der Waals surface area contributed by atoms with E-state index in [0.717, 1.165) is 82.8 Å². The van der Waals surface area contributed by atoms with Crippen molar-refractivity contribution >= 4 is 66.2 Å². The van der Waals surface area contributed by atoms with Gasteiger partial charge in [-0.1, -0.05) is 98.1 Å². The number of hydrogen-bond donors (Lipinski definition) is 0. The van der Waals surface area contributed by atoms with Crippen molar-refractivity contribution in [1.29, 1.82) is 0 Å². The van der Waals surface area contributed by atoms with Crippen molar-refractivity contribution in [2.45, 2.75) is 79.1 Å². The van der Waals surface area contributed by atoms with Gasteiger partial charge >= 0.3 is 0 Å². The zero-order valence-corrected chi connectivity index (χ0v) is 26.3. The van der Waals surface area contributed by atoms with Gasteiger partial charge in [0.25, 0.3) is 11.8 Å². The number of halogens is 2. The Bertz CT molecular complexity index is 1130. The molecule has 4 rings (SSSR count). The zero-order valence-electron chi connectivity index (χ0n) is 23.2. The smallest absolute Gasteiger partial charge is 0.259 e. The predicted molar refractivity (Wildman–Crippen MR) is 166 cm³/mol. The van der Waals surface area contributed by atoms with Gasteiger partial charge in [-0.3, -0.25) is 9.59 Å². The summed E-state index contributed by atoms with van der Waals surface area (Å²) in [6, 6.07) is 12.0. The summed E-state index contributed by atoms with van der Waals surface area (Å²) in [5, 5.41) is 0. The van der Waals surface area contributed by atoms with Crippen LogP contribution in [0.4, 0.5) is 11.4 Å². The summed E-state index contributed by atoms with van der Waals surface area (Å²) < 4.78 is 1.81. The highest BCUT2D eigenvalue weighted by molar-refractivity contribution is 9.10. The number of benzene rings is 2. The molecule has 2 amide bonds. The van der Waals surface area contributed by atoms with E-state index in [0.29, 0.717) is 36.1 Å². The maximum absolute atomic E-state index is 14.2. The third-order valence-corrected chi connectivity index (χ3v) is 9.16. The normalized spacial score (nSPS) is 18.3. The first-order chi connectivity index (χ1) is 18.3. The number of hydrogen-bond acceptors (Lipinski definition) is 2. The number of nitrogens with zero attached hydrogens (tertiary/aromatic N) is 2. The van der Waals surface area contributed by atoms with Crippen LogP contribution in [0.25, 0.3) is 11.1 Å². The molecule has 2 aliphatic heterocycles. The van der Waals surface area contributed by atoms with E-state index >= 15 is 0 Å². The van der Waals surface area contributed by atoms with Gasteiger partial charge in [0, 0.05) is 33.2 Å². The Hall–Kier alpha value is -1.92. The van der Waals surface area contributed by atoms with Crippen LogP contribution in [0.3, 0.4) is 0 Å². The average Bonchev–Trinajstić information content (AvgIpc) is 3.32. The largest absolute Gasteiger partial charge is 0.307 e. The molecular formula is C32H40Br2N2O2. The molecule has 2 aliphatic rings. The monoisotopic (exact) mass is 642 g/mol. The molecule has 0 saturated carbocycles. The highest BCUT2D eigenvalue weighted by Crippen LogP contribution is 2.48. The first kappa shape index (κ1) is 29.1. The summed E-state index contributed by atoms with van der Waals surface area (Å²) in [7, 11) is 0. The van der Waals surface area contributed by atoms with Crippen LogP contribution in [-0.2, 0) is 9.59 Å². The molecule has 0 radical (unpaired) electrons. The lowest BCUT2D eigenvalue weighted by Crippen LogP contribution is -2.34. The van der Waals surface area contributed by atoms with Crippen molar-refractivity contribution in [3.63, 3.8) is 0 Å². The van der Waals surface area contributed by atoms with Crippen molar-refractivity contribution in [3.8, 4) is 0 Å². The van der Waals surface area contributed by atoms with Crippen LogP contribution in [0.15, 0.2) is 45.3 Å². The number of amides is 2. The highest BCUT2D eigenvalue weighted by atomic mass is 79.9.